The van der Waals surface area contributed by atoms with Crippen molar-refractivity contribution in [1.29, 1.82) is 0 Å². The fraction of sp³-hybridized carbons (Fsp3) is 0.667. The van der Waals surface area contributed by atoms with E-state index in [1.54, 1.807) is 11.3 Å². The molecule has 0 amide bonds. The Bertz CT molecular complexity index is 257. The lowest BCUT2D eigenvalue weighted by Gasteiger charge is -2.06. The van der Waals surface area contributed by atoms with Crippen LogP contribution in [0.5, 0.6) is 0 Å². The van der Waals surface area contributed by atoms with Gasteiger partial charge in [-0.05, 0) is 18.9 Å². The SMILES string of the molecule is CC(CN)Cc1cnc(N(C)C)s1. The van der Waals surface area contributed by atoms with Crippen molar-refractivity contribution in [1.82, 2.24) is 4.98 Å². The molecule has 0 saturated carbocycles. The van der Waals surface area contributed by atoms with E-state index in [2.05, 4.69) is 11.9 Å². The lowest BCUT2D eigenvalue weighted by Crippen LogP contribution is -2.12. The van der Waals surface area contributed by atoms with E-state index in [0.29, 0.717) is 5.92 Å². The van der Waals surface area contributed by atoms with Crippen LogP contribution in [0.25, 0.3) is 0 Å². The van der Waals surface area contributed by atoms with E-state index in [-0.39, 0.29) is 0 Å². The zero-order valence-corrected chi connectivity index (χ0v) is 9.27. The van der Waals surface area contributed by atoms with Crippen molar-refractivity contribution in [2.45, 2.75) is 13.3 Å². The zero-order valence-electron chi connectivity index (χ0n) is 8.45. The maximum Gasteiger partial charge on any atom is 0.184 e. The summed E-state index contributed by atoms with van der Waals surface area (Å²) >= 11 is 1.74. The van der Waals surface area contributed by atoms with Gasteiger partial charge >= 0.3 is 0 Å². The van der Waals surface area contributed by atoms with Crippen LogP contribution in [0.1, 0.15) is 11.8 Å². The van der Waals surface area contributed by atoms with Crippen LogP contribution in [0.15, 0.2) is 6.20 Å². The van der Waals surface area contributed by atoms with Crippen LogP contribution in [-0.2, 0) is 6.42 Å². The predicted molar refractivity (Wildman–Crippen MR) is 58.4 cm³/mol. The molecule has 0 saturated heterocycles. The van der Waals surface area contributed by atoms with Crippen molar-refractivity contribution in [2.75, 3.05) is 25.5 Å². The van der Waals surface area contributed by atoms with Crippen LogP contribution in [0.4, 0.5) is 5.13 Å². The highest BCUT2D eigenvalue weighted by Crippen LogP contribution is 2.22. The summed E-state index contributed by atoms with van der Waals surface area (Å²) < 4.78 is 0. The van der Waals surface area contributed by atoms with E-state index >= 15 is 0 Å². The van der Waals surface area contributed by atoms with Gasteiger partial charge in [-0.25, -0.2) is 4.98 Å². The van der Waals surface area contributed by atoms with Gasteiger partial charge in [-0.3, -0.25) is 0 Å². The maximum absolute atomic E-state index is 5.56. The molecule has 13 heavy (non-hydrogen) atoms. The van der Waals surface area contributed by atoms with Crippen LogP contribution in [0.3, 0.4) is 0 Å². The monoisotopic (exact) mass is 199 g/mol. The molecular weight excluding hydrogens is 182 g/mol. The van der Waals surface area contributed by atoms with Gasteiger partial charge in [0.1, 0.15) is 0 Å². The van der Waals surface area contributed by atoms with Crippen molar-refractivity contribution < 1.29 is 0 Å². The average Bonchev–Trinajstić information content (AvgIpc) is 2.52. The van der Waals surface area contributed by atoms with Crippen molar-refractivity contribution in [2.24, 2.45) is 11.7 Å². The molecule has 74 valence electrons. The summed E-state index contributed by atoms with van der Waals surface area (Å²) in [7, 11) is 4.02. The number of nitrogens with two attached hydrogens (primary N) is 1. The molecule has 1 rings (SSSR count). The molecule has 1 unspecified atom stereocenters. The molecule has 3 nitrogen and oxygen atoms in total. The molecule has 0 spiro atoms. The number of thiazole rings is 1. The average molecular weight is 199 g/mol. The number of hydrogen-bond donors (Lipinski definition) is 1. The number of anilines is 1. The molecule has 0 bridgehead atoms. The van der Waals surface area contributed by atoms with Crippen molar-refractivity contribution >= 4 is 16.5 Å². The zero-order chi connectivity index (χ0) is 9.84. The predicted octanol–water partition coefficient (Wildman–Crippen LogP) is 1.35. The normalized spacial score (nSPS) is 12.9. The maximum atomic E-state index is 5.56. The molecule has 0 aliphatic rings. The van der Waals surface area contributed by atoms with Crippen LogP contribution in [0, 0.1) is 5.92 Å². The second kappa shape index (κ2) is 4.58. The third-order valence-electron chi connectivity index (χ3n) is 1.88. The smallest absolute Gasteiger partial charge is 0.184 e. The molecule has 1 heterocycles. The Labute approximate surface area is 83.6 Å². The molecular formula is C9H17N3S. The number of nitrogens with zero attached hydrogens (tertiary/aromatic N) is 2. The molecule has 4 heteroatoms. The molecule has 1 atom stereocenters. The summed E-state index contributed by atoms with van der Waals surface area (Å²) in [6.45, 7) is 2.91. The van der Waals surface area contributed by atoms with Gasteiger partial charge in [0.25, 0.3) is 0 Å². The minimum atomic E-state index is 0.551. The molecule has 0 radical (unpaired) electrons. The number of rotatable bonds is 4. The summed E-state index contributed by atoms with van der Waals surface area (Å²) in [4.78, 5) is 7.66. The van der Waals surface area contributed by atoms with Gasteiger partial charge in [-0.2, -0.15) is 0 Å². The van der Waals surface area contributed by atoms with Gasteiger partial charge in [0.2, 0.25) is 0 Å². The van der Waals surface area contributed by atoms with Gasteiger partial charge in [0, 0.05) is 25.2 Å². The molecule has 1 aromatic heterocycles. The summed E-state index contributed by atoms with van der Waals surface area (Å²) in [5, 5.41) is 1.07. The third kappa shape index (κ3) is 2.97. The molecule has 2 N–H and O–H groups in total. The molecule has 0 aliphatic heterocycles. The Morgan fingerprint density at radius 1 is 1.62 bits per heavy atom. The molecule has 0 aliphatic carbocycles. The first-order valence-electron chi connectivity index (χ1n) is 4.45. The summed E-state index contributed by atoms with van der Waals surface area (Å²) in [6.07, 6.45) is 2.99. The highest BCUT2D eigenvalue weighted by molar-refractivity contribution is 7.15. The molecule has 1 aromatic rings. The topological polar surface area (TPSA) is 42.1 Å². The van der Waals surface area contributed by atoms with Gasteiger partial charge in [0.15, 0.2) is 5.13 Å². The second-order valence-corrected chi connectivity index (χ2v) is 4.64. The van der Waals surface area contributed by atoms with E-state index in [4.69, 9.17) is 5.73 Å². The first-order chi connectivity index (χ1) is 6.13. The minimum Gasteiger partial charge on any atom is -0.354 e. The van der Waals surface area contributed by atoms with Crippen LogP contribution < -0.4 is 10.6 Å². The van der Waals surface area contributed by atoms with Crippen LogP contribution in [0.2, 0.25) is 0 Å². The first-order valence-corrected chi connectivity index (χ1v) is 5.27. The van der Waals surface area contributed by atoms with Gasteiger partial charge in [-0.15, -0.1) is 11.3 Å². The Balaban J connectivity index is 2.58. The van der Waals surface area contributed by atoms with Gasteiger partial charge in [-0.1, -0.05) is 6.92 Å². The third-order valence-corrected chi connectivity index (χ3v) is 3.06. The fourth-order valence-electron chi connectivity index (χ4n) is 1.03. The summed E-state index contributed by atoms with van der Waals surface area (Å²) in [5.74, 6) is 0.551. The van der Waals surface area contributed by atoms with E-state index in [9.17, 15) is 0 Å². The standard InChI is InChI=1S/C9H17N3S/c1-7(5-10)4-8-6-11-9(13-8)12(2)3/h6-7H,4-5,10H2,1-3H3. The highest BCUT2D eigenvalue weighted by Gasteiger charge is 2.06. The van der Waals surface area contributed by atoms with Gasteiger partial charge < -0.3 is 10.6 Å². The second-order valence-electron chi connectivity index (χ2n) is 3.55. The van der Waals surface area contributed by atoms with Crippen LogP contribution >= 0.6 is 11.3 Å². The van der Waals surface area contributed by atoms with Crippen molar-refractivity contribution in [3.8, 4) is 0 Å². The van der Waals surface area contributed by atoms with E-state index in [1.165, 1.54) is 4.88 Å². The number of aromatic nitrogens is 1. The lowest BCUT2D eigenvalue weighted by molar-refractivity contribution is 0.598. The highest BCUT2D eigenvalue weighted by atomic mass is 32.1. The number of hydrogen-bond acceptors (Lipinski definition) is 4. The van der Waals surface area contributed by atoms with E-state index in [0.717, 1.165) is 18.1 Å². The summed E-state index contributed by atoms with van der Waals surface area (Å²) in [5.41, 5.74) is 5.56. The lowest BCUT2D eigenvalue weighted by atomic mass is 10.1. The first kappa shape index (κ1) is 10.5. The Morgan fingerprint density at radius 3 is 2.77 bits per heavy atom. The molecule has 0 fully saturated rings. The largest absolute Gasteiger partial charge is 0.354 e. The van der Waals surface area contributed by atoms with Gasteiger partial charge in [0.05, 0.1) is 0 Å². The molecule has 0 aromatic carbocycles. The Kier molecular flexibility index (Phi) is 3.69. The summed E-state index contributed by atoms with van der Waals surface area (Å²) in [6, 6.07) is 0. The van der Waals surface area contributed by atoms with E-state index in [1.807, 2.05) is 25.2 Å². The van der Waals surface area contributed by atoms with E-state index < -0.39 is 0 Å². The van der Waals surface area contributed by atoms with Crippen molar-refractivity contribution in [3.05, 3.63) is 11.1 Å². The Morgan fingerprint density at radius 2 is 2.31 bits per heavy atom. The minimum absolute atomic E-state index is 0.551. The Hall–Kier alpha value is -0.610. The fourth-order valence-corrected chi connectivity index (χ4v) is 2.02. The van der Waals surface area contributed by atoms with Crippen molar-refractivity contribution in [3.63, 3.8) is 0 Å². The van der Waals surface area contributed by atoms with Crippen LogP contribution in [-0.4, -0.2) is 25.6 Å². The quantitative estimate of drug-likeness (QED) is 0.796.